The second kappa shape index (κ2) is 8.30. The first-order valence-corrected chi connectivity index (χ1v) is 8.77. The van der Waals surface area contributed by atoms with Crippen molar-refractivity contribution in [3.05, 3.63) is 77.9 Å². The number of carbonyl (C=O) groups is 1. The van der Waals surface area contributed by atoms with Crippen molar-refractivity contribution in [3.8, 4) is 0 Å². The second-order valence-corrected chi connectivity index (χ2v) is 6.26. The Morgan fingerprint density at radius 3 is 2.42 bits per heavy atom. The van der Waals surface area contributed by atoms with Gasteiger partial charge < -0.3 is 15.6 Å². The van der Waals surface area contributed by atoms with Gasteiger partial charge in [0.2, 0.25) is 0 Å². The molecular weight excluding hydrogens is 322 g/mol. The van der Waals surface area contributed by atoms with Crippen LogP contribution in [0.15, 0.2) is 66.7 Å². The molecule has 4 nitrogen and oxygen atoms in total. The minimum absolute atomic E-state index is 0.0694. The summed E-state index contributed by atoms with van der Waals surface area (Å²) < 4.78 is 0. The SMILES string of the molecule is CN(CCCNC(=O)c1ccc(C=N)c2ccccc12)c1ccccc1. The van der Waals surface area contributed by atoms with Gasteiger partial charge in [-0.3, -0.25) is 4.79 Å². The summed E-state index contributed by atoms with van der Waals surface area (Å²) in [6.07, 6.45) is 2.19. The van der Waals surface area contributed by atoms with E-state index >= 15 is 0 Å². The molecule has 0 bridgehead atoms. The Kier molecular flexibility index (Phi) is 5.64. The van der Waals surface area contributed by atoms with Gasteiger partial charge in [-0.25, -0.2) is 0 Å². The van der Waals surface area contributed by atoms with E-state index in [4.69, 9.17) is 5.41 Å². The van der Waals surface area contributed by atoms with Gasteiger partial charge in [0.15, 0.2) is 0 Å². The number of para-hydroxylation sites is 1. The molecule has 3 rings (SSSR count). The van der Waals surface area contributed by atoms with Crippen molar-refractivity contribution in [1.29, 1.82) is 5.41 Å². The molecule has 2 N–H and O–H groups in total. The van der Waals surface area contributed by atoms with Crippen LogP contribution in [0, 0.1) is 5.41 Å². The maximum Gasteiger partial charge on any atom is 0.251 e. The van der Waals surface area contributed by atoms with E-state index in [2.05, 4.69) is 29.4 Å². The molecule has 0 atom stereocenters. The lowest BCUT2D eigenvalue weighted by Crippen LogP contribution is -2.28. The van der Waals surface area contributed by atoms with E-state index in [1.165, 1.54) is 11.9 Å². The number of anilines is 1. The van der Waals surface area contributed by atoms with Crippen molar-refractivity contribution in [2.45, 2.75) is 6.42 Å². The van der Waals surface area contributed by atoms with Gasteiger partial charge in [-0.1, -0.05) is 48.5 Å². The Labute approximate surface area is 154 Å². The fraction of sp³-hybridized carbons (Fsp3) is 0.182. The number of hydrogen-bond donors (Lipinski definition) is 2. The number of nitrogens with one attached hydrogen (secondary N) is 2. The summed E-state index contributed by atoms with van der Waals surface area (Å²) in [4.78, 5) is 14.8. The molecule has 0 fully saturated rings. The zero-order chi connectivity index (χ0) is 18.4. The largest absolute Gasteiger partial charge is 0.375 e. The van der Waals surface area contributed by atoms with E-state index in [1.54, 1.807) is 6.07 Å². The average Bonchev–Trinajstić information content (AvgIpc) is 2.70. The first-order chi connectivity index (χ1) is 12.7. The van der Waals surface area contributed by atoms with E-state index in [0.717, 1.165) is 29.3 Å². The number of amides is 1. The van der Waals surface area contributed by atoms with Crippen LogP contribution in [0.5, 0.6) is 0 Å². The first kappa shape index (κ1) is 17.7. The van der Waals surface area contributed by atoms with Gasteiger partial charge >= 0.3 is 0 Å². The summed E-state index contributed by atoms with van der Waals surface area (Å²) in [6.45, 7) is 1.49. The lowest BCUT2D eigenvalue weighted by atomic mass is 9.99. The Morgan fingerprint density at radius 1 is 1.00 bits per heavy atom. The topological polar surface area (TPSA) is 56.2 Å². The molecule has 1 amide bonds. The number of carbonyl (C=O) groups excluding carboxylic acids is 1. The summed E-state index contributed by atoms with van der Waals surface area (Å²) in [7, 11) is 2.06. The van der Waals surface area contributed by atoms with Crippen LogP contribution in [0.4, 0.5) is 5.69 Å². The lowest BCUT2D eigenvalue weighted by Gasteiger charge is -2.19. The Bertz CT molecular complexity index is 906. The number of fused-ring (bicyclic) bond motifs is 1. The van der Waals surface area contributed by atoms with Crippen LogP contribution in [0.2, 0.25) is 0 Å². The predicted octanol–water partition coefficient (Wildman–Crippen LogP) is 4.09. The van der Waals surface area contributed by atoms with Gasteiger partial charge in [0.1, 0.15) is 0 Å². The van der Waals surface area contributed by atoms with Crippen LogP contribution < -0.4 is 10.2 Å². The predicted molar refractivity (Wildman–Crippen MR) is 108 cm³/mol. The quantitative estimate of drug-likeness (QED) is 0.500. The van der Waals surface area contributed by atoms with E-state index in [1.807, 2.05) is 48.5 Å². The summed E-state index contributed by atoms with van der Waals surface area (Å²) in [5, 5.41) is 12.3. The van der Waals surface area contributed by atoms with Gasteiger partial charge in [0.05, 0.1) is 0 Å². The fourth-order valence-corrected chi connectivity index (χ4v) is 3.07. The van der Waals surface area contributed by atoms with E-state index < -0.39 is 0 Å². The maximum atomic E-state index is 12.6. The third kappa shape index (κ3) is 3.91. The zero-order valence-corrected chi connectivity index (χ0v) is 14.9. The minimum atomic E-state index is -0.0694. The highest BCUT2D eigenvalue weighted by atomic mass is 16.1. The van der Waals surface area contributed by atoms with Crippen LogP contribution >= 0.6 is 0 Å². The average molecular weight is 345 g/mol. The third-order valence-electron chi connectivity index (χ3n) is 4.51. The van der Waals surface area contributed by atoms with Crippen molar-refractivity contribution in [3.63, 3.8) is 0 Å². The van der Waals surface area contributed by atoms with Crippen LogP contribution in [-0.4, -0.2) is 32.3 Å². The smallest absolute Gasteiger partial charge is 0.251 e. The minimum Gasteiger partial charge on any atom is -0.375 e. The van der Waals surface area contributed by atoms with Crippen molar-refractivity contribution < 1.29 is 4.79 Å². The number of nitrogens with zero attached hydrogens (tertiary/aromatic N) is 1. The summed E-state index contributed by atoms with van der Waals surface area (Å²) in [5.41, 5.74) is 2.65. The normalized spacial score (nSPS) is 10.5. The molecule has 26 heavy (non-hydrogen) atoms. The standard InChI is InChI=1S/C22H23N3O/c1-25(18-8-3-2-4-9-18)15-7-14-24-22(26)21-13-12-17(16-23)19-10-5-6-11-20(19)21/h2-6,8-13,16,23H,7,14-15H2,1H3,(H,24,26). The number of rotatable bonds is 7. The van der Waals surface area contributed by atoms with Gasteiger partial charge in [-0.2, -0.15) is 0 Å². The molecule has 0 heterocycles. The molecule has 0 saturated heterocycles. The Hall–Kier alpha value is -3.14. The summed E-state index contributed by atoms with van der Waals surface area (Å²) in [6, 6.07) is 21.6. The van der Waals surface area contributed by atoms with E-state index in [-0.39, 0.29) is 5.91 Å². The lowest BCUT2D eigenvalue weighted by molar-refractivity contribution is 0.0955. The van der Waals surface area contributed by atoms with Crippen LogP contribution in [0.1, 0.15) is 22.3 Å². The van der Waals surface area contributed by atoms with Crippen molar-refractivity contribution in [2.24, 2.45) is 0 Å². The van der Waals surface area contributed by atoms with Crippen LogP contribution in [0.3, 0.4) is 0 Å². The fourth-order valence-electron chi connectivity index (χ4n) is 3.07. The highest BCUT2D eigenvalue weighted by Gasteiger charge is 2.11. The molecular formula is C22H23N3O. The molecule has 3 aromatic rings. The molecule has 0 unspecified atom stereocenters. The zero-order valence-electron chi connectivity index (χ0n) is 14.9. The number of benzene rings is 3. The van der Waals surface area contributed by atoms with E-state index in [0.29, 0.717) is 12.1 Å². The third-order valence-corrected chi connectivity index (χ3v) is 4.51. The highest BCUT2D eigenvalue weighted by molar-refractivity contribution is 6.11. The monoisotopic (exact) mass is 345 g/mol. The molecule has 0 radical (unpaired) electrons. The summed E-state index contributed by atoms with van der Waals surface area (Å²) in [5.74, 6) is -0.0694. The van der Waals surface area contributed by atoms with E-state index in [9.17, 15) is 4.79 Å². The van der Waals surface area contributed by atoms with Gasteiger partial charge in [0, 0.05) is 37.6 Å². The van der Waals surface area contributed by atoms with Crippen LogP contribution in [0.25, 0.3) is 10.8 Å². The molecule has 0 saturated carbocycles. The molecule has 0 aromatic heterocycles. The van der Waals surface area contributed by atoms with Crippen LogP contribution in [-0.2, 0) is 0 Å². The molecule has 4 heteroatoms. The Morgan fingerprint density at radius 2 is 1.69 bits per heavy atom. The molecule has 3 aromatic carbocycles. The summed E-state index contributed by atoms with van der Waals surface area (Å²) >= 11 is 0. The molecule has 132 valence electrons. The Balaban J connectivity index is 1.61. The van der Waals surface area contributed by atoms with Crippen molar-refractivity contribution in [1.82, 2.24) is 5.32 Å². The number of hydrogen-bond acceptors (Lipinski definition) is 3. The maximum absolute atomic E-state index is 12.6. The molecule has 0 aliphatic rings. The van der Waals surface area contributed by atoms with Gasteiger partial charge in [0.25, 0.3) is 5.91 Å². The second-order valence-electron chi connectivity index (χ2n) is 6.26. The molecule has 0 aliphatic heterocycles. The van der Waals surface area contributed by atoms with Gasteiger partial charge in [-0.05, 0) is 41.0 Å². The van der Waals surface area contributed by atoms with Crippen molar-refractivity contribution >= 4 is 28.6 Å². The molecule has 0 spiro atoms. The van der Waals surface area contributed by atoms with Gasteiger partial charge in [-0.15, -0.1) is 0 Å². The first-order valence-electron chi connectivity index (χ1n) is 8.77. The van der Waals surface area contributed by atoms with Crippen molar-refractivity contribution in [2.75, 3.05) is 25.0 Å². The highest BCUT2D eigenvalue weighted by Crippen LogP contribution is 2.22. The molecule has 0 aliphatic carbocycles.